The van der Waals surface area contributed by atoms with Gasteiger partial charge in [0.15, 0.2) is 0 Å². The van der Waals surface area contributed by atoms with Crippen LogP contribution in [0.15, 0.2) is 29.2 Å². The van der Waals surface area contributed by atoms with Crippen molar-refractivity contribution in [3.8, 4) is 0 Å². The van der Waals surface area contributed by atoms with Crippen LogP contribution in [0, 0.1) is 0 Å². The quantitative estimate of drug-likeness (QED) is 0.413. The highest BCUT2D eigenvalue weighted by Gasteiger charge is 2.10. The lowest BCUT2D eigenvalue weighted by Gasteiger charge is -2.03. The molecule has 18 heavy (non-hydrogen) atoms. The maximum Gasteiger partial charge on any atom is 0.373 e. The van der Waals surface area contributed by atoms with E-state index in [1.54, 1.807) is 12.1 Å². The third-order valence-corrected chi connectivity index (χ3v) is 2.24. The lowest BCUT2D eigenvalue weighted by Crippen LogP contribution is -2.19. The van der Waals surface area contributed by atoms with E-state index in [1.165, 1.54) is 7.11 Å². The van der Waals surface area contributed by atoms with E-state index in [4.69, 9.17) is 9.15 Å². The van der Waals surface area contributed by atoms with Gasteiger partial charge in [0.05, 0.1) is 26.9 Å². The molecule has 0 aromatic carbocycles. The van der Waals surface area contributed by atoms with E-state index in [2.05, 4.69) is 16.6 Å². The summed E-state index contributed by atoms with van der Waals surface area (Å²) >= 11 is 0. The van der Waals surface area contributed by atoms with Crippen LogP contribution in [0.25, 0.3) is 0 Å². The average Bonchev–Trinajstić information content (AvgIpc) is 2.85. The zero-order chi connectivity index (χ0) is 13.2. The van der Waals surface area contributed by atoms with Gasteiger partial charge < -0.3 is 19.2 Å². The van der Waals surface area contributed by atoms with Crippen LogP contribution in [0.5, 0.6) is 0 Å². The van der Waals surface area contributed by atoms with Crippen LogP contribution in [0.1, 0.15) is 22.7 Å². The molecule has 5 nitrogen and oxygen atoms in total. The number of methoxy groups -OCH3 is 1. The van der Waals surface area contributed by atoms with Crippen LogP contribution < -0.4 is 5.32 Å². The van der Waals surface area contributed by atoms with E-state index in [1.807, 2.05) is 6.08 Å². The van der Waals surface area contributed by atoms with Crippen molar-refractivity contribution in [2.24, 2.45) is 0 Å². The van der Waals surface area contributed by atoms with Crippen molar-refractivity contribution in [1.29, 1.82) is 0 Å². The molecule has 0 saturated heterocycles. The first kappa shape index (κ1) is 14.5. The molecule has 1 rings (SSSR count). The lowest BCUT2D eigenvalue weighted by atomic mass is 10.4. The highest BCUT2D eigenvalue weighted by molar-refractivity contribution is 5.86. The van der Waals surface area contributed by atoms with E-state index in [9.17, 15) is 4.79 Å². The molecule has 0 aliphatic heterocycles. The van der Waals surface area contributed by atoms with E-state index in [-0.39, 0.29) is 5.76 Å². The molecule has 0 atom stereocenters. The van der Waals surface area contributed by atoms with E-state index in [0.717, 1.165) is 13.0 Å². The molecule has 1 N–H and O–H groups in total. The molecule has 5 heteroatoms. The number of nitrogens with one attached hydrogen (secondary N) is 1. The summed E-state index contributed by atoms with van der Waals surface area (Å²) < 4.78 is 15.2. The summed E-state index contributed by atoms with van der Waals surface area (Å²) in [5, 5.41) is 3.15. The molecule has 0 bridgehead atoms. The zero-order valence-electron chi connectivity index (χ0n) is 10.6. The summed E-state index contributed by atoms with van der Waals surface area (Å²) in [4.78, 5) is 11.1. The van der Waals surface area contributed by atoms with Crippen LogP contribution >= 0.6 is 0 Å². The van der Waals surface area contributed by atoms with Gasteiger partial charge in [0, 0.05) is 6.54 Å². The molecule has 0 aliphatic carbocycles. The standard InChI is InChI=1S/C13H19NO4/c1-3-4-8-17-9-7-14-10-11-5-6-12(18-11)13(15)16-2/h3,5-6,14H,1,4,7-10H2,2H3. The SMILES string of the molecule is C=CCCOCCNCc1ccc(C(=O)OC)o1. The molecule has 0 radical (unpaired) electrons. The Morgan fingerprint density at radius 2 is 2.33 bits per heavy atom. The fourth-order valence-corrected chi connectivity index (χ4v) is 1.31. The van der Waals surface area contributed by atoms with Gasteiger partial charge in [-0.3, -0.25) is 0 Å². The normalized spacial score (nSPS) is 10.3. The summed E-state index contributed by atoms with van der Waals surface area (Å²) in [5.74, 6) is 0.451. The third-order valence-electron chi connectivity index (χ3n) is 2.24. The van der Waals surface area contributed by atoms with Crippen LogP contribution in [0.4, 0.5) is 0 Å². The second kappa shape index (κ2) is 8.49. The van der Waals surface area contributed by atoms with E-state index in [0.29, 0.717) is 25.5 Å². The van der Waals surface area contributed by atoms with Crippen molar-refractivity contribution in [2.75, 3.05) is 26.9 Å². The van der Waals surface area contributed by atoms with Crippen molar-refractivity contribution in [3.63, 3.8) is 0 Å². The summed E-state index contributed by atoms with van der Waals surface area (Å²) in [6, 6.07) is 3.35. The monoisotopic (exact) mass is 253 g/mol. The van der Waals surface area contributed by atoms with Crippen LogP contribution in [0.2, 0.25) is 0 Å². The third kappa shape index (κ3) is 5.16. The van der Waals surface area contributed by atoms with Gasteiger partial charge in [-0.05, 0) is 18.6 Å². The van der Waals surface area contributed by atoms with Gasteiger partial charge >= 0.3 is 5.97 Å². The predicted molar refractivity (Wildman–Crippen MR) is 67.4 cm³/mol. The van der Waals surface area contributed by atoms with Gasteiger partial charge in [-0.25, -0.2) is 4.79 Å². The predicted octanol–water partition coefficient (Wildman–Crippen LogP) is 1.75. The molecule has 0 aliphatic rings. The Morgan fingerprint density at radius 3 is 3.06 bits per heavy atom. The Hall–Kier alpha value is -1.59. The Morgan fingerprint density at radius 1 is 1.50 bits per heavy atom. The minimum atomic E-state index is -0.464. The molecule has 100 valence electrons. The van der Waals surface area contributed by atoms with Crippen LogP contribution in [-0.2, 0) is 16.0 Å². The Labute approximate surface area is 107 Å². The van der Waals surface area contributed by atoms with Gasteiger partial charge in [0.2, 0.25) is 5.76 Å². The second-order valence-electron chi connectivity index (χ2n) is 3.62. The van der Waals surface area contributed by atoms with Gasteiger partial charge in [-0.15, -0.1) is 6.58 Å². The topological polar surface area (TPSA) is 60.7 Å². The van der Waals surface area contributed by atoms with Gasteiger partial charge in [0.1, 0.15) is 5.76 Å². The second-order valence-corrected chi connectivity index (χ2v) is 3.62. The number of carbonyl (C=O) groups is 1. The smallest absolute Gasteiger partial charge is 0.373 e. The number of furan rings is 1. The van der Waals surface area contributed by atoms with Crippen molar-refractivity contribution in [1.82, 2.24) is 5.32 Å². The van der Waals surface area contributed by atoms with Gasteiger partial charge in [0.25, 0.3) is 0 Å². The zero-order valence-corrected chi connectivity index (χ0v) is 10.6. The summed E-state index contributed by atoms with van der Waals surface area (Å²) in [5.41, 5.74) is 0. The summed E-state index contributed by atoms with van der Waals surface area (Å²) in [7, 11) is 1.32. The number of hydrogen-bond acceptors (Lipinski definition) is 5. The minimum absolute atomic E-state index is 0.219. The molecule has 1 aromatic rings. The highest BCUT2D eigenvalue weighted by Crippen LogP contribution is 2.08. The maximum atomic E-state index is 11.1. The van der Waals surface area contributed by atoms with Gasteiger partial charge in [-0.1, -0.05) is 6.08 Å². The largest absolute Gasteiger partial charge is 0.463 e. The first-order valence-corrected chi connectivity index (χ1v) is 5.84. The fraction of sp³-hybridized carbons (Fsp3) is 0.462. The Balaban J connectivity index is 2.14. The molecule has 0 fully saturated rings. The first-order valence-electron chi connectivity index (χ1n) is 5.84. The van der Waals surface area contributed by atoms with Crippen molar-refractivity contribution in [3.05, 3.63) is 36.3 Å². The number of rotatable bonds is 9. The van der Waals surface area contributed by atoms with Crippen LogP contribution in [0.3, 0.4) is 0 Å². The summed E-state index contributed by atoms with van der Waals surface area (Å²) in [6.45, 7) is 6.23. The molecule has 1 heterocycles. The number of carbonyl (C=O) groups excluding carboxylic acids is 1. The molecule has 0 spiro atoms. The first-order chi connectivity index (χ1) is 8.77. The molecule has 1 aromatic heterocycles. The summed E-state index contributed by atoms with van der Waals surface area (Å²) in [6.07, 6.45) is 2.69. The maximum absolute atomic E-state index is 11.1. The average molecular weight is 253 g/mol. The molecule has 0 saturated carbocycles. The number of ether oxygens (including phenoxy) is 2. The molecule has 0 amide bonds. The van der Waals surface area contributed by atoms with Crippen molar-refractivity contribution >= 4 is 5.97 Å². The number of hydrogen-bond donors (Lipinski definition) is 1. The molecule has 0 unspecified atom stereocenters. The molecular formula is C13H19NO4. The Bertz CT molecular complexity index is 373. The molecular weight excluding hydrogens is 234 g/mol. The van der Waals surface area contributed by atoms with Crippen molar-refractivity contribution in [2.45, 2.75) is 13.0 Å². The fourth-order valence-electron chi connectivity index (χ4n) is 1.31. The highest BCUT2D eigenvalue weighted by atomic mass is 16.5. The van der Waals surface area contributed by atoms with Crippen molar-refractivity contribution < 1.29 is 18.7 Å². The lowest BCUT2D eigenvalue weighted by molar-refractivity contribution is 0.0562. The Kier molecular flexibility index (Phi) is 6.83. The van der Waals surface area contributed by atoms with Gasteiger partial charge in [-0.2, -0.15) is 0 Å². The number of esters is 1. The van der Waals surface area contributed by atoms with E-state index < -0.39 is 5.97 Å². The van der Waals surface area contributed by atoms with Crippen LogP contribution in [-0.4, -0.2) is 32.8 Å². The minimum Gasteiger partial charge on any atom is -0.463 e. The van der Waals surface area contributed by atoms with E-state index >= 15 is 0 Å².